The largest absolute Gasteiger partial charge is 0.467 e. The number of rotatable bonds is 6. The molecule has 32 heavy (non-hydrogen) atoms. The molecule has 8 nitrogen and oxygen atoms in total. The van der Waals surface area contributed by atoms with Crippen molar-refractivity contribution in [1.82, 2.24) is 19.7 Å². The summed E-state index contributed by atoms with van der Waals surface area (Å²) in [4.78, 5) is 39.2. The normalized spacial score (nSPS) is 11.8. The minimum atomic E-state index is -0.879. The third-order valence-electron chi connectivity index (χ3n) is 4.98. The maximum Gasteiger partial charge on any atom is 0.352 e. The lowest BCUT2D eigenvalue weighted by Gasteiger charge is -2.18. The van der Waals surface area contributed by atoms with Crippen LogP contribution in [0.25, 0.3) is 5.69 Å². The first-order valence-electron chi connectivity index (χ1n) is 9.83. The van der Waals surface area contributed by atoms with E-state index >= 15 is 0 Å². The van der Waals surface area contributed by atoms with Gasteiger partial charge in [-0.2, -0.15) is 9.78 Å². The molecule has 0 saturated heterocycles. The molecule has 162 valence electrons. The van der Waals surface area contributed by atoms with Crippen LogP contribution in [-0.4, -0.2) is 20.3 Å². The summed E-state index contributed by atoms with van der Waals surface area (Å²) in [5.74, 6) is -1.06. The minimum absolute atomic E-state index is 0.0139. The monoisotopic (exact) mass is 434 g/mol. The van der Waals surface area contributed by atoms with Gasteiger partial charge in [-0.3, -0.25) is 9.59 Å². The molecule has 1 N–H and O–H groups in total. The summed E-state index contributed by atoms with van der Waals surface area (Å²) in [5, 5.41) is 6.47. The molecular formula is C23H19FN4O4. The Kier molecular flexibility index (Phi) is 5.80. The first-order valence-corrected chi connectivity index (χ1v) is 9.83. The summed E-state index contributed by atoms with van der Waals surface area (Å²) in [6, 6.07) is 16.9. The number of halogens is 1. The number of nitrogens with one attached hydrogen (secondary N) is 1. The van der Waals surface area contributed by atoms with E-state index < -0.39 is 34.7 Å². The van der Waals surface area contributed by atoms with Gasteiger partial charge in [0.15, 0.2) is 0 Å². The zero-order valence-corrected chi connectivity index (χ0v) is 17.1. The molecule has 0 fully saturated rings. The maximum absolute atomic E-state index is 14.5. The van der Waals surface area contributed by atoms with Crippen LogP contribution < -0.4 is 16.6 Å². The van der Waals surface area contributed by atoms with Gasteiger partial charge in [-0.25, -0.2) is 13.8 Å². The number of aromatic nitrogens is 3. The van der Waals surface area contributed by atoms with Crippen LogP contribution in [0.15, 0.2) is 87.0 Å². The number of carbonyl (C=O) groups is 1. The van der Waals surface area contributed by atoms with Crippen molar-refractivity contribution in [2.24, 2.45) is 0 Å². The summed E-state index contributed by atoms with van der Waals surface area (Å²) in [6.45, 7) is 1.66. The minimum Gasteiger partial charge on any atom is -0.467 e. The lowest BCUT2D eigenvalue weighted by molar-refractivity contribution is 0.0938. The number of benzene rings is 2. The third kappa shape index (κ3) is 4.00. The average Bonchev–Trinajstić information content (AvgIpc) is 3.33. The van der Waals surface area contributed by atoms with Crippen LogP contribution >= 0.6 is 0 Å². The highest BCUT2D eigenvalue weighted by Gasteiger charge is 2.24. The quantitative estimate of drug-likeness (QED) is 0.503. The highest BCUT2D eigenvalue weighted by atomic mass is 19.1. The Balaban J connectivity index is 1.87. The second-order valence-electron chi connectivity index (χ2n) is 7.02. The molecule has 4 rings (SSSR count). The van der Waals surface area contributed by atoms with Crippen LogP contribution in [0.1, 0.15) is 34.8 Å². The van der Waals surface area contributed by atoms with E-state index in [1.807, 2.05) is 0 Å². The lowest BCUT2D eigenvalue weighted by Crippen LogP contribution is -2.47. The van der Waals surface area contributed by atoms with Gasteiger partial charge in [0, 0.05) is 0 Å². The summed E-state index contributed by atoms with van der Waals surface area (Å²) in [6.07, 6.45) is 1.45. The Bertz CT molecular complexity index is 1360. The van der Waals surface area contributed by atoms with Crippen LogP contribution in [0.2, 0.25) is 0 Å². The molecule has 4 aromatic rings. The predicted molar refractivity (Wildman–Crippen MR) is 114 cm³/mol. The van der Waals surface area contributed by atoms with Gasteiger partial charge in [0.05, 0.1) is 18.8 Å². The molecular weight excluding hydrogens is 415 g/mol. The number of nitrogens with zero attached hydrogens (tertiary/aromatic N) is 3. The fourth-order valence-electron chi connectivity index (χ4n) is 3.30. The third-order valence-corrected chi connectivity index (χ3v) is 4.98. The van der Waals surface area contributed by atoms with E-state index in [1.165, 1.54) is 24.5 Å². The van der Waals surface area contributed by atoms with Gasteiger partial charge in [0.25, 0.3) is 11.5 Å². The van der Waals surface area contributed by atoms with Gasteiger partial charge >= 0.3 is 5.69 Å². The second-order valence-corrected chi connectivity index (χ2v) is 7.02. The smallest absolute Gasteiger partial charge is 0.352 e. The van der Waals surface area contributed by atoms with E-state index in [4.69, 9.17) is 4.42 Å². The van der Waals surface area contributed by atoms with Crippen molar-refractivity contribution in [2.75, 3.05) is 0 Å². The molecule has 0 saturated carbocycles. The van der Waals surface area contributed by atoms with Crippen LogP contribution in [-0.2, 0) is 6.54 Å². The fraction of sp³-hybridized carbons (Fsp3) is 0.130. The molecule has 9 heteroatoms. The molecule has 0 aliphatic carbocycles. The van der Waals surface area contributed by atoms with Crippen LogP contribution in [0.5, 0.6) is 0 Å². The van der Waals surface area contributed by atoms with Gasteiger partial charge in [-0.05, 0) is 36.8 Å². The highest BCUT2D eigenvalue weighted by Crippen LogP contribution is 2.15. The molecule has 2 heterocycles. The fourth-order valence-corrected chi connectivity index (χ4v) is 3.30. The Morgan fingerprint density at radius 3 is 2.47 bits per heavy atom. The van der Waals surface area contributed by atoms with Gasteiger partial charge < -0.3 is 9.73 Å². The molecule has 0 aliphatic rings. The van der Waals surface area contributed by atoms with Gasteiger partial charge in [-0.15, -0.1) is 0 Å². The summed E-state index contributed by atoms with van der Waals surface area (Å²) < 4.78 is 21.3. The zero-order chi connectivity index (χ0) is 22.7. The molecule has 1 atom stereocenters. The molecule has 0 bridgehead atoms. The summed E-state index contributed by atoms with van der Waals surface area (Å²) in [5.41, 5.74) is -1.79. The molecule has 0 aliphatic heterocycles. The molecule has 2 aromatic heterocycles. The van der Waals surface area contributed by atoms with Gasteiger partial charge in [-0.1, -0.05) is 42.5 Å². The van der Waals surface area contributed by atoms with Crippen molar-refractivity contribution in [1.29, 1.82) is 0 Å². The van der Waals surface area contributed by atoms with E-state index in [2.05, 4.69) is 10.4 Å². The average molecular weight is 434 g/mol. The van der Waals surface area contributed by atoms with E-state index in [1.54, 1.807) is 49.4 Å². The van der Waals surface area contributed by atoms with E-state index in [0.29, 0.717) is 11.3 Å². The Morgan fingerprint density at radius 1 is 1.06 bits per heavy atom. The Labute approximate surface area is 181 Å². The molecule has 2 aromatic carbocycles. The van der Waals surface area contributed by atoms with Crippen molar-refractivity contribution >= 4 is 5.91 Å². The zero-order valence-electron chi connectivity index (χ0n) is 17.1. The number of hydrogen-bond acceptors (Lipinski definition) is 5. The molecule has 1 unspecified atom stereocenters. The van der Waals surface area contributed by atoms with E-state index in [-0.39, 0.29) is 12.2 Å². The summed E-state index contributed by atoms with van der Waals surface area (Å²) >= 11 is 0. The first-order chi connectivity index (χ1) is 15.5. The van der Waals surface area contributed by atoms with Crippen molar-refractivity contribution < 1.29 is 13.6 Å². The molecule has 0 radical (unpaired) electrons. The van der Waals surface area contributed by atoms with Crippen molar-refractivity contribution in [2.45, 2.75) is 19.5 Å². The highest BCUT2D eigenvalue weighted by molar-refractivity contribution is 5.91. The van der Waals surface area contributed by atoms with Crippen LogP contribution in [0, 0.1) is 5.82 Å². The lowest BCUT2D eigenvalue weighted by atomic mass is 10.1. The van der Waals surface area contributed by atoms with Crippen LogP contribution in [0.3, 0.4) is 0 Å². The standard InChI is InChI=1S/C23H19FN4O4/c1-15(16-8-3-2-4-9-16)27-22(30)20(21(29)25-14-17-10-7-13-32-17)26-28(23(27)31)19-12-6-5-11-18(19)24/h2-13,15H,14H2,1H3,(H,25,29). The second kappa shape index (κ2) is 8.84. The molecule has 1 amide bonds. The van der Waals surface area contributed by atoms with E-state index in [0.717, 1.165) is 15.3 Å². The van der Waals surface area contributed by atoms with Crippen LogP contribution in [0.4, 0.5) is 4.39 Å². The van der Waals surface area contributed by atoms with Gasteiger partial charge in [0.1, 0.15) is 17.3 Å². The summed E-state index contributed by atoms with van der Waals surface area (Å²) in [7, 11) is 0. The predicted octanol–water partition coefficient (Wildman–Crippen LogP) is 2.67. The topological polar surface area (TPSA) is 99.1 Å². The van der Waals surface area contributed by atoms with Gasteiger partial charge in [0.2, 0.25) is 5.69 Å². The Morgan fingerprint density at radius 2 is 1.78 bits per heavy atom. The number of furan rings is 1. The number of amides is 1. The van der Waals surface area contributed by atoms with E-state index in [9.17, 15) is 18.8 Å². The number of hydrogen-bond donors (Lipinski definition) is 1. The Hall–Kier alpha value is -4.27. The number of para-hydroxylation sites is 1. The van der Waals surface area contributed by atoms with Crippen molar-refractivity contribution in [3.63, 3.8) is 0 Å². The van der Waals surface area contributed by atoms with Crippen molar-refractivity contribution in [3.8, 4) is 5.69 Å². The SMILES string of the molecule is CC(c1ccccc1)n1c(=O)c(C(=O)NCc2ccco2)nn(-c2ccccc2F)c1=O. The number of carbonyl (C=O) groups excluding carboxylic acids is 1. The first kappa shape index (κ1) is 21.0. The van der Waals surface area contributed by atoms with Crippen molar-refractivity contribution in [3.05, 3.63) is 117 Å². The molecule has 0 spiro atoms. The maximum atomic E-state index is 14.5.